The number of oxime groups is 1. The zero-order chi connectivity index (χ0) is 29.4. The third-order valence-electron chi connectivity index (χ3n) is 7.46. The van der Waals surface area contributed by atoms with Gasteiger partial charge in [0.15, 0.2) is 5.60 Å². The summed E-state index contributed by atoms with van der Waals surface area (Å²) >= 11 is 0. The van der Waals surface area contributed by atoms with E-state index in [0.717, 1.165) is 5.56 Å². The predicted octanol–water partition coefficient (Wildman–Crippen LogP) is 6.49. The highest BCUT2D eigenvalue weighted by Gasteiger charge is 2.47. The molecule has 0 radical (unpaired) electrons. The fourth-order valence-corrected chi connectivity index (χ4v) is 5.32. The fourth-order valence-electron chi connectivity index (χ4n) is 5.32. The van der Waals surface area contributed by atoms with E-state index in [1.807, 2.05) is 13.0 Å². The number of aliphatic imine (C=N–C) groups is 1. The van der Waals surface area contributed by atoms with Gasteiger partial charge in [-0.15, -0.1) is 0 Å². The number of carboxylic acid groups (broad SMARTS) is 1. The number of hydrogen-bond donors (Lipinski definition) is 1. The molecule has 41 heavy (non-hydrogen) atoms. The number of carboxylic acids is 1. The van der Waals surface area contributed by atoms with Gasteiger partial charge in [-0.3, -0.25) is 19.5 Å². The molecule has 1 unspecified atom stereocenters. The monoisotopic (exact) mass is 563 g/mol. The Balaban J connectivity index is 1.51. The number of halogens is 2. The first kappa shape index (κ1) is 29.8. The Kier molecular flexibility index (Phi) is 9.81. The number of carbonyl (C=O) groups is 2. The summed E-state index contributed by atoms with van der Waals surface area (Å²) in [5, 5.41) is 13.2. The topological polar surface area (TPSA) is 91.6 Å². The molecule has 7 nitrogen and oxygen atoms in total. The lowest BCUT2D eigenvalue weighted by atomic mass is 9.88. The molecule has 0 bridgehead atoms. The van der Waals surface area contributed by atoms with Crippen LogP contribution in [0.3, 0.4) is 0 Å². The lowest BCUT2D eigenvalue weighted by Crippen LogP contribution is -2.42. The summed E-state index contributed by atoms with van der Waals surface area (Å²) in [6, 6.07) is 5.02. The van der Waals surface area contributed by atoms with Crippen LogP contribution in [0.25, 0.3) is 0 Å². The van der Waals surface area contributed by atoms with Gasteiger partial charge in [0.25, 0.3) is 5.91 Å². The molecule has 0 aromatic heterocycles. The summed E-state index contributed by atoms with van der Waals surface area (Å²) in [7, 11) is 0. The summed E-state index contributed by atoms with van der Waals surface area (Å²) in [5.74, 6) is -1.18. The molecule has 9 heteroatoms. The van der Waals surface area contributed by atoms with Gasteiger partial charge in [-0.1, -0.05) is 55.1 Å². The number of nitrogens with zero attached hydrogens (tertiary/aromatic N) is 3. The van der Waals surface area contributed by atoms with Gasteiger partial charge in [0, 0.05) is 36.9 Å². The van der Waals surface area contributed by atoms with Gasteiger partial charge in [0.05, 0.1) is 12.3 Å². The first-order chi connectivity index (χ1) is 19.8. The first-order valence-electron chi connectivity index (χ1n) is 13.9. The van der Waals surface area contributed by atoms with E-state index in [9.17, 15) is 18.4 Å². The van der Waals surface area contributed by atoms with Crippen LogP contribution >= 0.6 is 0 Å². The van der Waals surface area contributed by atoms with Crippen molar-refractivity contribution in [3.63, 3.8) is 0 Å². The maximum absolute atomic E-state index is 14.3. The highest BCUT2D eigenvalue weighted by Crippen LogP contribution is 2.47. The zero-order valence-electron chi connectivity index (χ0n) is 23.2. The molecule has 2 heterocycles. The number of rotatable bonds is 12. The second-order valence-electron chi connectivity index (χ2n) is 10.2. The molecule has 1 N–H and O–H groups in total. The lowest BCUT2D eigenvalue weighted by Gasteiger charge is -2.28. The molecule has 1 aromatic rings. The number of hydrogen-bond acceptors (Lipinski definition) is 5. The first-order valence-corrected chi connectivity index (χ1v) is 13.9. The SMILES string of the molecule is C=C/C(=C\C=C1/CN=C(CCCCC(=O)O)N(C/C=C\C(F)=C/CC)C1=O)C1=NOC2(CCc3c(F)cccc32)C1. The van der Waals surface area contributed by atoms with Crippen molar-refractivity contribution in [2.24, 2.45) is 10.1 Å². The van der Waals surface area contributed by atoms with Crippen LogP contribution in [0.1, 0.15) is 63.0 Å². The summed E-state index contributed by atoms with van der Waals surface area (Å²) in [5.41, 5.74) is 2.58. The minimum atomic E-state index is -0.868. The lowest BCUT2D eigenvalue weighted by molar-refractivity contribution is -0.137. The third kappa shape index (κ3) is 6.96. The number of aliphatic carboxylic acids is 1. The van der Waals surface area contributed by atoms with Gasteiger partial charge >= 0.3 is 5.97 Å². The summed E-state index contributed by atoms with van der Waals surface area (Å²) in [6.45, 7) is 6.04. The van der Waals surface area contributed by atoms with Gasteiger partial charge in [0.1, 0.15) is 17.5 Å². The minimum absolute atomic E-state index is 0.0455. The molecular weight excluding hydrogens is 528 g/mol. The van der Waals surface area contributed by atoms with Gasteiger partial charge < -0.3 is 9.94 Å². The van der Waals surface area contributed by atoms with Gasteiger partial charge in [0.2, 0.25) is 0 Å². The minimum Gasteiger partial charge on any atom is -0.481 e. The maximum atomic E-state index is 14.3. The van der Waals surface area contributed by atoms with E-state index in [2.05, 4.69) is 16.7 Å². The molecule has 1 atom stereocenters. The molecule has 1 spiro atoms. The van der Waals surface area contributed by atoms with Crippen molar-refractivity contribution in [2.45, 2.75) is 63.9 Å². The molecule has 1 aliphatic carbocycles. The Labute approximate surface area is 239 Å². The Morgan fingerprint density at radius 3 is 2.90 bits per heavy atom. The molecule has 216 valence electrons. The van der Waals surface area contributed by atoms with Gasteiger partial charge in [-0.25, -0.2) is 8.78 Å². The Hall–Kier alpha value is -4.14. The highest BCUT2D eigenvalue weighted by molar-refractivity contribution is 6.09. The third-order valence-corrected chi connectivity index (χ3v) is 7.46. The second kappa shape index (κ2) is 13.5. The molecule has 1 amide bonds. The molecule has 4 rings (SSSR count). The Bertz CT molecular complexity index is 1390. The van der Waals surface area contributed by atoms with E-state index in [4.69, 9.17) is 9.94 Å². The summed E-state index contributed by atoms with van der Waals surface area (Å²) < 4.78 is 28.2. The van der Waals surface area contributed by atoms with E-state index < -0.39 is 11.6 Å². The van der Waals surface area contributed by atoms with E-state index in [0.29, 0.717) is 73.2 Å². The van der Waals surface area contributed by atoms with Crippen molar-refractivity contribution in [3.8, 4) is 0 Å². The van der Waals surface area contributed by atoms with Crippen LogP contribution in [0.5, 0.6) is 0 Å². The standard InChI is InChI=1S/C32H35F2N3O4/c1-3-9-24(33)10-8-19-37-29(13-5-6-14-30(38)39)35-21-23(31(37)40)16-15-22(4-2)28-20-32(41-36-28)18-17-25-26(32)11-7-12-27(25)34/h4,7-12,15-16H,2-3,5-6,13-14,17-21H2,1H3,(H,38,39)/b10-8-,22-15+,23-16+,24-9+. The van der Waals surface area contributed by atoms with Gasteiger partial charge in [-0.05, 0) is 61.5 Å². The van der Waals surface area contributed by atoms with Crippen molar-refractivity contribution >= 4 is 23.4 Å². The van der Waals surface area contributed by atoms with Crippen LogP contribution < -0.4 is 0 Å². The molecule has 0 saturated carbocycles. The zero-order valence-corrected chi connectivity index (χ0v) is 23.2. The van der Waals surface area contributed by atoms with E-state index >= 15 is 0 Å². The van der Waals surface area contributed by atoms with E-state index in [-0.39, 0.29) is 37.1 Å². The normalized spacial score (nSPS) is 21.9. The number of amides is 1. The molecular formula is C32H35F2N3O4. The Morgan fingerprint density at radius 2 is 2.15 bits per heavy atom. The van der Waals surface area contributed by atoms with Crippen molar-refractivity contribution in [2.75, 3.05) is 13.1 Å². The number of amidine groups is 1. The van der Waals surface area contributed by atoms with Crippen molar-refractivity contribution in [1.82, 2.24) is 4.90 Å². The van der Waals surface area contributed by atoms with Crippen molar-refractivity contribution in [1.29, 1.82) is 0 Å². The molecule has 2 aliphatic heterocycles. The summed E-state index contributed by atoms with van der Waals surface area (Å²) in [6.07, 6.45) is 13.2. The largest absolute Gasteiger partial charge is 0.481 e. The van der Waals surface area contributed by atoms with Crippen LogP contribution in [-0.4, -0.2) is 46.5 Å². The molecule has 3 aliphatic rings. The smallest absolute Gasteiger partial charge is 0.303 e. The van der Waals surface area contributed by atoms with Crippen LogP contribution in [0.15, 0.2) is 88.4 Å². The number of fused-ring (bicyclic) bond motifs is 2. The predicted molar refractivity (Wildman–Crippen MR) is 155 cm³/mol. The quantitative estimate of drug-likeness (QED) is 0.179. The number of carbonyl (C=O) groups excluding carboxylic acids is 1. The number of benzene rings is 1. The number of allylic oxidation sites excluding steroid dienone is 7. The van der Waals surface area contributed by atoms with Crippen molar-refractivity contribution in [3.05, 3.63) is 95.2 Å². The van der Waals surface area contributed by atoms with Gasteiger partial charge in [-0.2, -0.15) is 0 Å². The highest BCUT2D eigenvalue weighted by atomic mass is 19.1. The van der Waals surface area contributed by atoms with Crippen LogP contribution in [-0.2, 0) is 26.4 Å². The maximum Gasteiger partial charge on any atom is 0.303 e. The Morgan fingerprint density at radius 1 is 1.32 bits per heavy atom. The molecule has 0 fully saturated rings. The van der Waals surface area contributed by atoms with Crippen LogP contribution in [0.4, 0.5) is 8.78 Å². The van der Waals surface area contributed by atoms with E-state index in [1.165, 1.54) is 23.1 Å². The van der Waals surface area contributed by atoms with Crippen LogP contribution in [0, 0.1) is 5.82 Å². The molecule has 1 aromatic carbocycles. The fraction of sp³-hybridized carbons (Fsp3) is 0.375. The van der Waals surface area contributed by atoms with Crippen LogP contribution in [0.2, 0.25) is 0 Å². The second-order valence-corrected chi connectivity index (χ2v) is 10.2. The van der Waals surface area contributed by atoms with E-state index in [1.54, 1.807) is 30.4 Å². The summed E-state index contributed by atoms with van der Waals surface area (Å²) in [4.78, 5) is 36.3. The number of unbranched alkanes of at least 4 members (excludes halogenated alkanes) is 1. The average molecular weight is 564 g/mol. The average Bonchev–Trinajstić information content (AvgIpc) is 3.54. The molecule has 0 saturated heterocycles. The van der Waals surface area contributed by atoms with Crippen molar-refractivity contribution < 1.29 is 28.3 Å².